The van der Waals surface area contributed by atoms with Crippen molar-refractivity contribution in [1.29, 1.82) is 0 Å². The Morgan fingerprint density at radius 2 is 1.60 bits per heavy atom. The van der Waals surface area contributed by atoms with Crippen molar-refractivity contribution in [3.63, 3.8) is 0 Å². The van der Waals surface area contributed by atoms with Gasteiger partial charge >= 0.3 is 39.0 Å². The van der Waals surface area contributed by atoms with Gasteiger partial charge in [-0.2, -0.15) is 0 Å². The summed E-state index contributed by atoms with van der Waals surface area (Å²) in [6.07, 6.45) is 3.11. The van der Waals surface area contributed by atoms with E-state index in [-0.39, 0.29) is 0 Å². The van der Waals surface area contributed by atoms with Crippen molar-refractivity contribution < 1.29 is 0 Å². The van der Waals surface area contributed by atoms with Crippen molar-refractivity contribution in [2.24, 2.45) is 0 Å². The molecule has 5 heavy (non-hydrogen) atoms. The predicted octanol–water partition coefficient (Wildman–Crippen LogP) is 1.05. The third kappa shape index (κ3) is 0.966. The average Bonchev–Trinajstić information content (AvgIpc) is 1.76. The molecule has 30 valence electrons. The van der Waals surface area contributed by atoms with Crippen molar-refractivity contribution in [2.45, 2.75) is 23.3 Å². The molecule has 0 aromatic carbocycles. The second-order valence-electron chi connectivity index (χ2n) is 1.46. The molecule has 0 amide bonds. The van der Waals surface area contributed by atoms with Gasteiger partial charge in [0.05, 0.1) is 0 Å². The van der Waals surface area contributed by atoms with Crippen LogP contribution in [0.1, 0.15) is 12.8 Å². The van der Waals surface area contributed by atoms with Gasteiger partial charge in [-0.25, -0.2) is 0 Å². The van der Waals surface area contributed by atoms with Crippen molar-refractivity contribution in [2.75, 3.05) is 0 Å². The standard InChI is InChI=1S/C4H9As/c1-2-4-5-3-1/h5H,1-4H2. The van der Waals surface area contributed by atoms with Gasteiger partial charge in [0.1, 0.15) is 0 Å². The molecule has 0 aromatic heterocycles. The second-order valence-corrected chi connectivity index (χ2v) is 4.60. The fourth-order valence-electron chi connectivity index (χ4n) is 0.625. The van der Waals surface area contributed by atoms with Gasteiger partial charge < -0.3 is 0 Å². The molecular weight excluding hydrogens is 123 g/mol. The van der Waals surface area contributed by atoms with Crippen LogP contribution in [0.2, 0.25) is 10.4 Å². The Morgan fingerprint density at radius 1 is 1.00 bits per heavy atom. The van der Waals surface area contributed by atoms with Crippen molar-refractivity contribution in [1.82, 2.24) is 0 Å². The quantitative estimate of drug-likeness (QED) is 0.432. The predicted molar refractivity (Wildman–Crippen MR) is 26.0 cm³/mol. The summed E-state index contributed by atoms with van der Waals surface area (Å²) in [5.41, 5.74) is 0. The number of rotatable bonds is 0. The number of hydrogen-bond acceptors (Lipinski definition) is 0. The fourth-order valence-corrected chi connectivity index (χ4v) is 3.25. The Kier molecular flexibility index (Phi) is 1.40. The molecule has 0 aromatic rings. The first-order chi connectivity index (χ1) is 2.50. The number of hydrogen-bond donors (Lipinski definition) is 0. The monoisotopic (exact) mass is 132 g/mol. The molecular formula is C4H9As. The molecule has 1 fully saturated rings. The average molecular weight is 132 g/mol. The molecule has 1 heterocycles. The molecule has 1 heteroatoms. The fraction of sp³-hybridized carbons (Fsp3) is 1.00. The summed E-state index contributed by atoms with van der Waals surface area (Å²) in [6, 6.07) is 0. The van der Waals surface area contributed by atoms with Gasteiger partial charge in [0.15, 0.2) is 0 Å². The van der Waals surface area contributed by atoms with E-state index in [1.165, 1.54) is 0 Å². The third-order valence-electron chi connectivity index (χ3n) is 0.957. The van der Waals surface area contributed by atoms with E-state index in [0.29, 0.717) is 15.8 Å². The van der Waals surface area contributed by atoms with E-state index < -0.39 is 0 Å². The van der Waals surface area contributed by atoms with E-state index in [0.717, 1.165) is 0 Å². The van der Waals surface area contributed by atoms with Crippen LogP contribution in [0.3, 0.4) is 0 Å². The molecule has 1 aliphatic rings. The normalized spacial score (nSPS) is 24.0. The van der Waals surface area contributed by atoms with Crippen LogP contribution in [0.15, 0.2) is 0 Å². The van der Waals surface area contributed by atoms with Crippen molar-refractivity contribution >= 4 is 15.8 Å². The van der Waals surface area contributed by atoms with Gasteiger partial charge in [0.2, 0.25) is 0 Å². The summed E-state index contributed by atoms with van der Waals surface area (Å²) in [6.45, 7) is 0. The summed E-state index contributed by atoms with van der Waals surface area (Å²) in [4.78, 5) is 0. The van der Waals surface area contributed by atoms with Crippen molar-refractivity contribution in [3.8, 4) is 0 Å². The minimum absolute atomic E-state index is 0.639. The van der Waals surface area contributed by atoms with E-state index in [1.807, 2.05) is 0 Å². The van der Waals surface area contributed by atoms with Crippen LogP contribution >= 0.6 is 0 Å². The summed E-state index contributed by atoms with van der Waals surface area (Å²) in [5, 5.41) is 3.25. The van der Waals surface area contributed by atoms with Crippen LogP contribution in [0.25, 0.3) is 0 Å². The minimum atomic E-state index is 0.639. The van der Waals surface area contributed by atoms with E-state index in [4.69, 9.17) is 0 Å². The molecule has 0 spiro atoms. The molecule has 0 bridgehead atoms. The Labute approximate surface area is 39.6 Å². The molecule has 1 rings (SSSR count). The van der Waals surface area contributed by atoms with Crippen molar-refractivity contribution in [3.05, 3.63) is 0 Å². The molecule has 0 N–H and O–H groups in total. The SMILES string of the molecule is C1CC[AsH]C1. The summed E-state index contributed by atoms with van der Waals surface area (Å²) >= 11 is 0.639. The molecule has 0 nitrogen and oxygen atoms in total. The zero-order valence-corrected chi connectivity index (χ0v) is 5.43. The van der Waals surface area contributed by atoms with Crippen LogP contribution in [0, 0.1) is 0 Å². The Morgan fingerprint density at radius 3 is 1.80 bits per heavy atom. The van der Waals surface area contributed by atoms with E-state index in [2.05, 4.69) is 0 Å². The molecule has 0 aliphatic carbocycles. The van der Waals surface area contributed by atoms with Gasteiger partial charge in [-0.3, -0.25) is 0 Å². The van der Waals surface area contributed by atoms with Gasteiger partial charge in [-0.1, -0.05) is 0 Å². The molecule has 1 aliphatic heterocycles. The molecule has 0 unspecified atom stereocenters. The zero-order chi connectivity index (χ0) is 3.54. The van der Waals surface area contributed by atoms with Gasteiger partial charge in [0, 0.05) is 0 Å². The van der Waals surface area contributed by atoms with E-state index in [1.54, 1.807) is 23.3 Å². The van der Waals surface area contributed by atoms with E-state index in [9.17, 15) is 0 Å². The van der Waals surface area contributed by atoms with Crippen LogP contribution in [0.4, 0.5) is 0 Å². The third-order valence-corrected chi connectivity index (χ3v) is 3.92. The summed E-state index contributed by atoms with van der Waals surface area (Å²) in [5.74, 6) is 0. The van der Waals surface area contributed by atoms with Crippen LogP contribution in [-0.2, 0) is 0 Å². The van der Waals surface area contributed by atoms with Gasteiger partial charge in [-0.05, 0) is 0 Å². The van der Waals surface area contributed by atoms with Gasteiger partial charge in [-0.15, -0.1) is 0 Å². The maximum absolute atomic E-state index is 1.62. The topological polar surface area (TPSA) is 0 Å². The first-order valence-corrected chi connectivity index (χ1v) is 5.17. The van der Waals surface area contributed by atoms with E-state index >= 15 is 0 Å². The van der Waals surface area contributed by atoms with Crippen LogP contribution in [0.5, 0.6) is 0 Å². The van der Waals surface area contributed by atoms with Crippen LogP contribution < -0.4 is 0 Å². The summed E-state index contributed by atoms with van der Waals surface area (Å²) in [7, 11) is 0. The molecule has 0 saturated carbocycles. The maximum atomic E-state index is 1.62. The molecule has 0 atom stereocenters. The van der Waals surface area contributed by atoms with Crippen LogP contribution in [-0.4, -0.2) is 15.8 Å². The Balaban J connectivity index is 2.08. The Bertz CT molecular complexity index is 15.2. The first-order valence-electron chi connectivity index (χ1n) is 2.21. The first kappa shape index (κ1) is 3.74. The Hall–Kier alpha value is 0.558. The second kappa shape index (κ2) is 1.87. The molecule has 0 radical (unpaired) electrons. The van der Waals surface area contributed by atoms with Gasteiger partial charge in [0.25, 0.3) is 0 Å². The summed E-state index contributed by atoms with van der Waals surface area (Å²) < 4.78 is 0. The zero-order valence-electron chi connectivity index (χ0n) is 3.33. The molecule has 1 saturated heterocycles.